The van der Waals surface area contributed by atoms with Gasteiger partial charge in [0, 0.05) is 24.3 Å². The quantitative estimate of drug-likeness (QED) is 0.894. The van der Waals surface area contributed by atoms with Gasteiger partial charge in [0.2, 0.25) is 0 Å². The van der Waals surface area contributed by atoms with Gasteiger partial charge < -0.3 is 5.32 Å². The van der Waals surface area contributed by atoms with Crippen molar-refractivity contribution in [2.45, 2.75) is 45.6 Å². The third-order valence-electron chi connectivity index (χ3n) is 4.40. The Balaban J connectivity index is 1.60. The molecular weight excluding hydrogens is 264 g/mol. The third-order valence-corrected chi connectivity index (χ3v) is 5.37. The molecule has 0 aromatic heterocycles. The molecule has 108 valence electrons. The number of thioether (sulfide) groups is 1. The predicted octanol–water partition coefficient (Wildman–Crippen LogP) is 3.82. The van der Waals surface area contributed by atoms with Crippen molar-refractivity contribution in [1.29, 1.82) is 0 Å². The number of benzene rings is 1. The second-order valence-corrected chi connectivity index (χ2v) is 8.03. The Hall–Kier alpha value is -0.960. The van der Waals surface area contributed by atoms with Crippen LogP contribution < -0.4 is 5.32 Å². The topological polar surface area (TPSA) is 24.4 Å². The number of hydrogen-bond acceptors (Lipinski definition) is 2. The van der Waals surface area contributed by atoms with Gasteiger partial charge >= 0.3 is 0 Å². The van der Waals surface area contributed by atoms with Crippen LogP contribution in [0.4, 0.5) is 0 Å². The highest BCUT2D eigenvalue weighted by atomic mass is 32.2. The van der Waals surface area contributed by atoms with Crippen LogP contribution in [0, 0.1) is 5.41 Å². The second kappa shape index (κ2) is 5.44. The largest absolute Gasteiger partial charge is 0.362 e. The lowest BCUT2D eigenvalue weighted by Crippen LogP contribution is -2.46. The molecule has 2 atom stereocenters. The predicted molar refractivity (Wildman–Crippen MR) is 88.6 cm³/mol. The smallest absolute Gasteiger partial charge is 0.156 e. The van der Waals surface area contributed by atoms with E-state index in [1.807, 2.05) is 11.8 Å². The van der Waals surface area contributed by atoms with E-state index in [1.54, 1.807) is 0 Å². The average Bonchev–Trinajstić information content (AvgIpc) is 2.39. The number of rotatable bonds is 2. The number of nitrogens with zero attached hydrogens (tertiary/aromatic N) is 1. The molecule has 0 spiro atoms. The van der Waals surface area contributed by atoms with Crippen molar-refractivity contribution in [2.24, 2.45) is 10.4 Å². The molecule has 2 aliphatic rings. The fourth-order valence-corrected chi connectivity index (χ4v) is 3.93. The molecule has 1 heterocycles. The van der Waals surface area contributed by atoms with Gasteiger partial charge in [0.25, 0.3) is 0 Å². The molecule has 1 aromatic rings. The Kier molecular flexibility index (Phi) is 3.80. The van der Waals surface area contributed by atoms with Gasteiger partial charge in [-0.3, -0.25) is 4.99 Å². The summed E-state index contributed by atoms with van der Waals surface area (Å²) in [4.78, 5) is 4.84. The summed E-state index contributed by atoms with van der Waals surface area (Å²) < 4.78 is 0. The van der Waals surface area contributed by atoms with Gasteiger partial charge in [-0.05, 0) is 29.4 Å². The van der Waals surface area contributed by atoms with Crippen LogP contribution in [0.2, 0.25) is 0 Å². The number of hydrogen-bond donors (Lipinski definition) is 1. The third kappa shape index (κ3) is 2.88. The molecule has 0 saturated carbocycles. The highest BCUT2D eigenvalue weighted by Gasteiger charge is 2.29. The SMILES string of the molecule is CC(C)(C)C1CCSC(=NCC2Cc3ccccc32)N1. The van der Waals surface area contributed by atoms with Crippen molar-refractivity contribution < 1.29 is 0 Å². The molecule has 0 radical (unpaired) electrons. The van der Waals surface area contributed by atoms with E-state index < -0.39 is 0 Å². The number of amidine groups is 1. The van der Waals surface area contributed by atoms with Crippen LogP contribution >= 0.6 is 11.8 Å². The molecule has 1 aliphatic heterocycles. The van der Waals surface area contributed by atoms with E-state index in [0.29, 0.717) is 17.4 Å². The van der Waals surface area contributed by atoms with E-state index in [0.717, 1.165) is 11.7 Å². The van der Waals surface area contributed by atoms with Crippen LogP contribution in [-0.2, 0) is 6.42 Å². The molecule has 20 heavy (non-hydrogen) atoms. The summed E-state index contributed by atoms with van der Waals surface area (Å²) in [5, 5.41) is 4.79. The zero-order valence-corrected chi connectivity index (χ0v) is 13.5. The molecule has 3 rings (SSSR count). The zero-order chi connectivity index (χ0) is 14.2. The lowest BCUT2D eigenvalue weighted by molar-refractivity contribution is 0.290. The van der Waals surface area contributed by atoms with Crippen LogP contribution in [0.1, 0.15) is 44.2 Å². The van der Waals surface area contributed by atoms with Crippen molar-refractivity contribution in [3.8, 4) is 0 Å². The maximum atomic E-state index is 4.84. The first-order valence-corrected chi connectivity index (χ1v) is 8.54. The van der Waals surface area contributed by atoms with Crippen molar-refractivity contribution in [1.82, 2.24) is 5.32 Å². The summed E-state index contributed by atoms with van der Waals surface area (Å²) >= 11 is 1.88. The Labute approximate surface area is 126 Å². The maximum Gasteiger partial charge on any atom is 0.156 e. The minimum atomic E-state index is 0.310. The molecule has 3 heteroatoms. The van der Waals surface area contributed by atoms with Crippen LogP contribution in [0.5, 0.6) is 0 Å². The van der Waals surface area contributed by atoms with Gasteiger partial charge in [0.05, 0.1) is 0 Å². The number of aliphatic imine (C=N–C) groups is 1. The van der Waals surface area contributed by atoms with E-state index in [-0.39, 0.29) is 0 Å². The maximum absolute atomic E-state index is 4.84. The van der Waals surface area contributed by atoms with Gasteiger partial charge in [-0.25, -0.2) is 0 Å². The van der Waals surface area contributed by atoms with Crippen LogP contribution in [0.25, 0.3) is 0 Å². The van der Waals surface area contributed by atoms with Gasteiger partial charge in [-0.15, -0.1) is 0 Å². The molecule has 1 fully saturated rings. The van der Waals surface area contributed by atoms with E-state index in [2.05, 4.69) is 50.4 Å². The van der Waals surface area contributed by atoms with Gasteiger partial charge in [0.1, 0.15) is 0 Å². The first-order valence-electron chi connectivity index (χ1n) is 7.55. The van der Waals surface area contributed by atoms with Crippen molar-refractivity contribution in [3.05, 3.63) is 35.4 Å². The lowest BCUT2D eigenvalue weighted by atomic mass is 9.78. The molecular formula is C17H24N2S. The molecule has 1 saturated heterocycles. The molecule has 1 aromatic carbocycles. The van der Waals surface area contributed by atoms with E-state index in [9.17, 15) is 0 Å². The summed E-state index contributed by atoms with van der Waals surface area (Å²) in [6.45, 7) is 7.85. The highest BCUT2D eigenvalue weighted by molar-refractivity contribution is 8.13. The van der Waals surface area contributed by atoms with Gasteiger partial charge in [0.15, 0.2) is 5.17 Å². The van der Waals surface area contributed by atoms with Crippen molar-refractivity contribution >= 4 is 16.9 Å². The van der Waals surface area contributed by atoms with Crippen LogP contribution in [-0.4, -0.2) is 23.5 Å². The molecule has 2 nitrogen and oxygen atoms in total. The van der Waals surface area contributed by atoms with Gasteiger partial charge in [-0.1, -0.05) is 56.8 Å². The average molecular weight is 288 g/mol. The lowest BCUT2D eigenvalue weighted by Gasteiger charge is -2.36. The Morgan fingerprint density at radius 3 is 2.85 bits per heavy atom. The second-order valence-electron chi connectivity index (χ2n) is 6.95. The number of nitrogens with one attached hydrogen (secondary N) is 1. The highest BCUT2D eigenvalue weighted by Crippen LogP contribution is 2.35. The summed E-state index contributed by atoms with van der Waals surface area (Å²) in [7, 11) is 0. The summed E-state index contributed by atoms with van der Waals surface area (Å²) in [6.07, 6.45) is 2.43. The monoisotopic (exact) mass is 288 g/mol. The fourth-order valence-electron chi connectivity index (χ4n) is 3.00. The summed E-state index contributed by atoms with van der Waals surface area (Å²) in [5.74, 6) is 1.82. The van der Waals surface area contributed by atoms with E-state index in [4.69, 9.17) is 4.99 Å². The zero-order valence-electron chi connectivity index (χ0n) is 12.6. The molecule has 0 bridgehead atoms. The summed E-state index contributed by atoms with van der Waals surface area (Å²) in [6, 6.07) is 9.32. The first kappa shape index (κ1) is 14.0. The minimum absolute atomic E-state index is 0.310. The normalized spacial score (nSPS) is 27.6. The van der Waals surface area contributed by atoms with Crippen molar-refractivity contribution in [2.75, 3.05) is 12.3 Å². The van der Waals surface area contributed by atoms with E-state index >= 15 is 0 Å². The Morgan fingerprint density at radius 1 is 1.30 bits per heavy atom. The number of fused-ring (bicyclic) bond motifs is 1. The fraction of sp³-hybridized carbons (Fsp3) is 0.588. The molecule has 2 unspecified atom stereocenters. The minimum Gasteiger partial charge on any atom is -0.362 e. The molecule has 0 amide bonds. The van der Waals surface area contributed by atoms with Crippen LogP contribution in [0.3, 0.4) is 0 Å². The van der Waals surface area contributed by atoms with Gasteiger partial charge in [-0.2, -0.15) is 0 Å². The first-order chi connectivity index (χ1) is 9.54. The Bertz CT molecular complexity index is 516. The Morgan fingerprint density at radius 2 is 2.10 bits per heavy atom. The molecule has 1 aliphatic carbocycles. The van der Waals surface area contributed by atoms with Crippen molar-refractivity contribution in [3.63, 3.8) is 0 Å². The van der Waals surface area contributed by atoms with E-state index in [1.165, 1.54) is 29.7 Å². The summed E-state index contributed by atoms with van der Waals surface area (Å²) in [5.41, 5.74) is 3.32. The van der Waals surface area contributed by atoms with Crippen LogP contribution in [0.15, 0.2) is 29.3 Å². The standard InChI is InChI=1S/C17H24N2S/c1-17(2,3)15-8-9-20-16(19-15)18-11-13-10-12-6-4-5-7-14(12)13/h4-7,13,15H,8-11H2,1-3H3,(H,18,19). The molecule has 1 N–H and O–H groups in total.